The number of fused-ring (bicyclic) bond motifs is 3. The zero-order valence-corrected chi connectivity index (χ0v) is 15.6. The molecule has 0 aliphatic rings. The number of aromatic nitrogens is 5. The summed E-state index contributed by atoms with van der Waals surface area (Å²) in [5, 5.41) is 0. The molecular formula is C20H21N5O2. The molecule has 0 aliphatic carbocycles. The van der Waals surface area contributed by atoms with E-state index in [4.69, 9.17) is 0 Å². The molecule has 0 saturated heterocycles. The summed E-state index contributed by atoms with van der Waals surface area (Å²) in [5.74, 6) is 0.641. The van der Waals surface area contributed by atoms with Crippen LogP contribution in [0.2, 0.25) is 0 Å². The minimum absolute atomic E-state index is 0.0351. The Balaban J connectivity index is 2.08. The quantitative estimate of drug-likeness (QED) is 0.522. The first-order chi connectivity index (χ1) is 13.0. The Kier molecular flexibility index (Phi) is 3.87. The molecule has 7 heteroatoms. The second-order valence-electron chi connectivity index (χ2n) is 6.73. The molecule has 0 fully saturated rings. The van der Waals surface area contributed by atoms with Crippen LogP contribution in [-0.2, 0) is 13.6 Å². The van der Waals surface area contributed by atoms with Crippen LogP contribution in [0.15, 0.2) is 58.8 Å². The molecule has 7 nitrogen and oxygen atoms in total. The zero-order valence-electron chi connectivity index (χ0n) is 15.6. The van der Waals surface area contributed by atoms with Crippen molar-refractivity contribution < 1.29 is 0 Å². The lowest BCUT2D eigenvalue weighted by Crippen LogP contribution is -2.39. The minimum Gasteiger partial charge on any atom is -0.307 e. The topological polar surface area (TPSA) is 66.2 Å². The lowest BCUT2D eigenvalue weighted by atomic mass is 10.1. The van der Waals surface area contributed by atoms with E-state index >= 15 is 0 Å². The first-order valence-corrected chi connectivity index (χ1v) is 8.81. The largest absolute Gasteiger partial charge is 0.332 e. The number of benzene rings is 1. The first-order valence-electron chi connectivity index (χ1n) is 8.81. The van der Waals surface area contributed by atoms with Gasteiger partial charge in [0.2, 0.25) is 5.78 Å². The van der Waals surface area contributed by atoms with Gasteiger partial charge in [-0.2, -0.15) is 4.98 Å². The van der Waals surface area contributed by atoms with E-state index in [0.717, 1.165) is 11.3 Å². The third-order valence-electron chi connectivity index (χ3n) is 5.05. The van der Waals surface area contributed by atoms with Crippen molar-refractivity contribution >= 4 is 16.9 Å². The molecule has 1 atom stereocenters. The maximum atomic E-state index is 13.0. The molecule has 27 heavy (non-hydrogen) atoms. The first kappa shape index (κ1) is 17.1. The Bertz CT molecular complexity index is 1290. The van der Waals surface area contributed by atoms with Crippen molar-refractivity contribution in [1.82, 2.24) is 23.1 Å². The van der Waals surface area contributed by atoms with Crippen LogP contribution in [0.3, 0.4) is 0 Å². The maximum absolute atomic E-state index is 13.0. The monoisotopic (exact) mass is 363 g/mol. The number of aryl methyl sites for hydroxylation is 2. The standard InChI is InChI=1S/C20H21N5O2/c1-5-11-23-18(26)16-17(22(4)20(23)27)21-19-24(16)12-13(2)25(19)14(3)15-9-7-6-8-10-15/h5-10,12,14H,1,11H2,2-4H3/t14-/m0/s1. The molecule has 0 amide bonds. The molecule has 1 aromatic carbocycles. The molecule has 0 saturated carbocycles. The smallest absolute Gasteiger partial charge is 0.307 e. The fourth-order valence-electron chi connectivity index (χ4n) is 3.68. The summed E-state index contributed by atoms with van der Waals surface area (Å²) < 4.78 is 6.46. The average molecular weight is 363 g/mol. The summed E-state index contributed by atoms with van der Waals surface area (Å²) in [5.41, 5.74) is 2.16. The number of hydrogen-bond acceptors (Lipinski definition) is 3. The third kappa shape index (κ3) is 2.38. The van der Waals surface area contributed by atoms with Crippen molar-refractivity contribution in [2.45, 2.75) is 26.4 Å². The molecule has 3 heterocycles. The summed E-state index contributed by atoms with van der Waals surface area (Å²) in [6, 6.07) is 10.2. The van der Waals surface area contributed by atoms with Gasteiger partial charge < -0.3 is 4.57 Å². The van der Waals surface area contributed by atoms with Crippen LogP contribution in [0.5, 0.6) is 0 Å². The highest BCUT2D eigenvalue weighted by molar-refractivity contribution is 5.75. The number of allylic oxidation sites excluding steroid dienone is 1. The Morgan fingerprint density at radius 2 is 1.93 bits per heavy atom. The summed E-state index contributed by atoms with van der Waals surface area (Å²) in [7, 11) is 1.63. The SMILES string of the molecule is C=CCn1c(=O)c2c(nc3n([C@@H](C)c4ccccc4)c(C)cn23)n(C)c1=O. The molecule has 0 unspecified atom stereocenters. The van der Waals surface area contributed by atoms with Crippen molar-refractivity contribution in [3.8, 4) is 0 Å². The van der Waals surface area contributed by atoms with E-state index in [-0.39, 0.29) is 18.1 Å². The van der Waals surface area contributed by atoms with Crippen molar-refractivity contribution in [1.29, 1.82) is 0 Å². The van der Waals surface area contributed by atoms with Crippen molar-refractivity contribution in [2.75, 3.05) is 0 Å². The lowest BCUT2D eigenvalue weighted by molar-refractivity contribution is 0.638. The summed E-state index contributed by atoms with van der Waals surface area (Å²) in [6.07, 6.45) is 3.44. The van der Waals surface area contributed by atoms with Gasteiger partial charge in [0.05, 0.1) is 6.04 Å². The van der Waals surface area contributed by atoms with Crippen molar-refractivity contribution in [2.24, 2.45) is 7.05 Å². The van der Waals surface area contributed by atoms with Gasteiger partial charge in [-0.05, 0) is 19.4 Å². The number of nitrogens with zero attached hydrogens (tertiary/aromatic N) is 5. The highest BCUT2D eigenvalue weighted by Crippen LogP contribution is 2.25. The predicted octanol–water partition coefficient (Wildman–Crippen LogP) is 2.25. The Hall–Kier alpha value is -3.35. The average Bonchev–Trinajstić information content (AvgIpc) is 3.18. The molecule has 0 N–H and O–H groups in total. The molecule has 4 aromatic rings. The van der Waals surface area contributed by atoms with Crippen LogP contribution in [0.1, 0.15) is 24.2 Å². The van der Waals surface area contributed by atoms with E-state index < -0.39 is 5.69 Å². The molecule has 0 bridgehead atoms. The number of imidazole rings is 2. The molecule has 0 aliphatic heterocycles. The van der Waals surface area contributed by atoms with E-state index in [0.29, 0.717) is 16.9 Å². The summed E-state index contributed by atoms with van der Waals surface area (Å²) in [4.78, 5) is 30.1. The van der Waals surface area contributed by atoms with Crippen molar-refractivity contribution in [3.05, 3.63) is 81.3 Å². The van der Waals surface area contributed by atoms with Gasteiger partial charge in [-0.3, -0.25) is 18.3 Å². The Morgan fingerprint density at radius 3 is 2.59 bits per heavy atom. The summed E-state index contributed by atoms with van der Waals surface area (Å²) >= 11 is 0. The van der Waals surface area contributed by atoms with E-state index in [9.17, 15) is 9.59 Å². The van der Waals surface area contributed by atoms with E-state index in [1.165, 1.54) is 9.13 Å². The zero-order chi connectivity index (χ0) is 19.3. The van der Waals surface area contributed by atoms with Crippen LogP contribution in [0.4, 0.5) is 0 Å². The molecule has 0 spiro atoms. The predicted molar refractivity (Wildman–Crippen MR) is 105 cm³/mol. The fourth-order valence-corrected chi connectivity index (χ4v) is 3.68. The van der Waals surface area contributed by atoms with Gasteiger partial charge in [-0.1, -0.05) is 36.4 Å². The van der Waals surface area contributed by atoms with E-state index in [1.54, 1.807) is 17.5 Å². The fraction of sp³-hybridized carbons (Fsp3) is 0.250. The highest BCUT2D eigenvalue weighted by atomic mass is 16.2. The van der Waals surface area contributed by atoms with Crippen LogP contribution in [0, 0.1) is 6.92 Å². The van der Waals surface area contributed by atoms with Gasteiger partial charge in [-0.25, -0.2) is 4.79 Å². The summed E-state index contributed by atoms with van der Waals surface area (Å²) in [6.45, 7) is 7.88. The third-order valence-corrected chi connectivity index (χ3v) is 5.05. The lowest BCUT2D eigenvalue weighted by Gasteiger charge is -2.16. The molecule has 3 aromatic heterocycles. The molecule has 0 radical (unpaired) electrons. The number of rotatable bonds is 4. The molecule has 4 rings (SSSR count). The van der Waals surface area contributed by atoms with Crippen LogP contribution in [0.25, 0.3) is 16.9 Å². The van der Waals surface area contributed by atoms with Gasteiger partial charge in [0, 0.05) is 25.5 Å². The van der Waals surface area contributed by atoms with Crippen LogP contribution < -0.4 is 11.2 Å². The van der Waals surface area contributed by atoms with Gasteiger partial charge in [0.25, 0.3) is 5.56 Å². The second-order valence-corrected chi connectivity index (χ2v) is 6.73. The Labute approximate surface area is 155 Å². The van der Waals surface area contributed by atoms with Crippen molar-refractivity contribution in [3.63, 3.8) is 0 Å². The van der Waals surface area contributed by atoms with Gasteiger partial charge in [0.1, 0.15) is 0 Å². The van der Waals surface area contributed by atoms with E-state index in [1.807, 2.05) is 31.3 Å². The van der Waals surface area contributed by atoms with Gasteiger partial charge in [0.15, 0.2) is 11.2 Å². The van der Waals surface area contributed by atoms with Crippen LogP contribution in [-0.4, -0.2) is 23.1 Å². The highest BCUT2D eigenvalue weighted by Gasteiger charge is 2.22. The van der Waals surface area contributed by atoms with Gasteiger partial charge >= 0.3 is 5.69 Å². The Morgan fingerprint density at radius 1 is 1.22 bits per heavy atom. The second kappa shape index (κ2) is 6.12. The maximum Gasteiger partial charge on any atom is 0.332 e. The normalized spacial score (nSPS) is 12.7. The number of hydrogen-bond donors (Lipinski definition) is 0. The van der Waals surface area contributed by atoms with Gasteiger partial charge in [-0.15, -0.1) is 6.58 Å². The molecule has 138 valence electrons. The van der Waals surface area contributed by atoms with E-state index in [2.05, 4.69) is 35.2 Å². The molecular weight excluding hydrogens is 342 g/mol. The van der Waals surface area contributed by atoms with Crippen LogP contribution >= 0.6 is 0 Å². The minimum atomic E-state index is -0.396.